The minimum atomic E-state index is -0.116. The van der Waals surface area contributed by atoms with Crippen molar-refractivity contribution in [2.24, 2.45) is 0 Å². The third-order valence-electron chi connectivity index (χ3n) is 2.79. The fourth-order valence-electron chi connectivity index (χ4n) is 1.66. The summed E-state index contributed by atoms with van der Waals surface area (Å²) in [6.45, 7) is 2.39. The highest BCUT2D eigenvalue weighted by atomic mass is 16.5. The molecule has 4 nitrogen and oxygen atoms in total. The van der Waals surface area contributed by atoms with Gasteiger partial charge in [-0.05, 0) is 12.5 Å². The zero-order valence-corrected chi connectivity index (χ0v) is 11.1. The Bertz CT molecular complexity index is 538. The van der Waals surface area contributed by atoms with Gasteiger partial charge in [0.1, 0.15) is 6.61 Å². The van der Waals surface area contributed by atoms with Crippen molar-refractivity contribution in [3.8, 4) is 11.5 Å². The first-order valence-corrected chi connectivity index (χ1v) is 6.05. The summed E-state index contributed by atoms with van der Waals surface area (Å²) >= 11 is 0. The van der Waals surface area contributed by atoms with Crippen molar-refractivity contribution < 1.29 is 14.6 Å². The van der Waals surface area contributed by atoms with Crippen LogP contribution in [0.4, 0.5) is 0 Å². The van der Waals surface area contributed by atoms with Crippen LogP contribution in [0.2, 0.25) is 0 Å². The number of hydrogen-bond donors (Lipinski definition) is 1. The van der Waals surface area contributed by atoms with Crippen molar-refractivity contribution in [3.05, 3.63) is 53.3 Å². The van der Waals surface area contributed by atoms with Crippen molar-refractivity contribution in [2.75, 3.05) is 7.11 Å². The molecule has 0 aliphatic rings. The molecule has 1 aromatic carbocycles. The van der Waals surface area contributed by atoms with Crippen LogP contribution in [-0.4, -0.2) is 17.2 Å². The summed E-state index contributed by atoms with van der Waals surface area (Å²) in [5.74, 6) is 1.14. The summed E-state index contributed by atoms with van der Waals surface area (Å²) in [5, 5.41) is 9.02. The summed E-state index contributed by atoms with van der Waals surface area (Å²) in [6.07, 6.45) is 1.57. The molecule has 100 valence electrons. The van der Waals surface area contributed by atoms with Crippen LogP contribution in [0.5, 0.6) is 11.5 Å². The van der Waals surface area contributed by atoms with E-state index in [-0.39, 0.29) is 6.61 Å². The van der Waals surface area contributed by atoms with Crippen molar-refractivity contribution in [1.82, 2.24) is 4.98 Å². The molecule has 19 heavy (non-hydrogen) atoms. The largest absolute Gasteiger partial charge is 0.493 e. The lowest BCUT2D eigenvalue weighted by atomic mass is 10.2. The van der Waals surface area contributed by atoms with Crippen LogP contribution >= 0.6 is 0 Å². The minimum absolute atomic E-state index is 0.116. The van der Waals surface area contributed by atoms with Crippen LogP contribution < -0.4 is 9.47 Å². The second-order valence-electron chi connectivity index (χ2n) is 4.26. The van der Waals surface area contributed by atoms with Crippen LogP contribution in [-0.2, 0) is 13.2 Å². The Morgan fingerprint density at radius 3 is 2.53 bits per heavy atom. The Kier molecular flexibility index (Phi) is 4.36. The van der Waals surface area contributed by atoms with E-state index >= 15 is 0 Å². The lowest BCUT2D eigenvalue weighted by Crippen LogP contribution is -2.00. The predicted octanol–water partition coefficient (Wildman–Crippen LogP) is 2.47. The molecule has 0 fully saturated rings. The molecule has 2 aromatic rings. The number of aliphatic hydroxyl groups is 1. The zero-order valence-electron chi connectivity index (χ0n) is 11.1. The van der Waals surface area contributed by atoms with E-state index in [0.29, 0.717) is 23.8 Å². The summed E-state index contributed by atoms with van der Waals surface area (Å²) in [7, 11) is 1.56. The number of methoxy groups -OCH3 is 1. The van der Waals surface area contributed by atoms with Crippen molar-refractivity contribution in [2.45, 2.75) is 20.1 Å². The van der Waals surface area contributed by atoms with Gasteiger partial charge >= 0.3 is 0 Å². The standard InChI is InChI=1S/C15H17NO3/c1-11-3-5-12(6-4-11)10-19-15-8-16-13(9-17)7-14(15)18-2/h3-8,17H,9-10H2,1-2H3. The van der Waals surface area contributed by atoms with Gasteiger partial charge in [-0.15, -0.1) is 0 Å². The molecule has 0 bridgehead atoms. The fraction of sp³-hybridized carbons (Fsp3) is 0.267. The van der Waals surface area contributed by atoms with Gasteiger partial charge in [-0.2, -0.15) is 0 Å². The molecule has 0 saturated carbocycles. The van der Waals surface area contributed by atoms with Gasteiger partial charge in [-0.25, -0.2) is 0 Å². The number of aliphatic hydroxyl groups excluding tert-OH is 1. The Morgan fingerprint density at radius 2 is 1.89 bits per heavy atom. The van der Waals surface area contributed by atoms with Gasteiger partial charge in [0.25, 0.3) is 0 Å². The monoisotopic (exact) mass is 259 g/mol. The third kappa shape index (κ3) is 3.45. The molecular formula is C15H17NO3. The normalized spacial score (nSPS) is 10.3. The molecule has 4 heteroatoms. The van der Waals surface area contributed by atoms with Gasteiger partial charge < -0.3 is 14.6 Å². The maximum absolute atomic E-state index is 9.02. The molecule has 0 spiro atoms. The third-order valence-corrected chi connectivity index (χ3v) is 2.79. The highest BCUT2D eigenvalue weighted by Crippen LogP contribution is 2.27. The van der Waals surface area contributed by atoms with E-state index in [2.05, 4.69) is 4.98 Å². The predicted molar refractivity (Wildman–Crippen MR) is 72.2 cm³/mol. The average molecular weight is 259 g/mol. The topological polar surface area (TPSA) is 51.6 Å². The van der Waals surface area contributed by atoms with E-state index in [4.69, 9.17) is 14.6 Å². The highest BCUT2D eigenvalue weighted by Gasteiger charge is 2.07. The molecule has 0 radical (unpaired) electrons. The lowest BCUT2D eigenvalue weighted by Gasteiger charge is -2.11. The van der Waals surface area contributed by atoms with Gasteiger partial charge in [-0.1, -0.05) is 29.8 Å². The van der Waals surface area contributed by atoms with E-state index in [1.807, 2.05) is 31.2 Å². The molecule has 2 rings (SSSR count). The van der Waals surface area contributed by atoms with E-state index in [0.717, 1.165) is 5.56 Å². The summed E-state index contributed by atoms with van der Waals surface area (Å²) < 4.78 is 10.9. The first-order valence-electron chi connectivity index (χ1n) is 6.05. The number of ether oxygens (including phenoxy) is 2. The second kappa shape index (κ2) is 6.20. The molecule has 1 aromatic heterocycles. The summed E-state index contributed by atoms with van der Waals surface area (Å²) in [4.78, 5) is 4.08. The van der Waals surface area contributed by atoms with E-state index in [9.17, 15) is 0 Å². The van der Waals surface area contributed by atoms with Crippen LogP contribution in [0.25, 0.3) is 0 Å². The maximum atomic E-state index is 9.02. The quantitative estimate of drug-likeness (QED) is 0.896. The van der Waals surface area contributed by atoms with Gasteiger partial charge in [0.15, 0.2) is 11.5 Å². The number of aromatic nitrogens is 1. The highest BCUT2D eigenvalue weighted by molar-refractivity contribution is 5.39. The van der Waals surface area contributed by atoms with Crippen LogP contribution in [0.1, 0.15) is 16.8 Å². The Morgan fingerprint density at radius 1 is 1.16 bits per heavy atom. The smallest absolute Gasteiger partial charge is 0.179 e. The van der Waals surface area contributed by atoms with Gasteiger partial charge in [0.05, 0.1) is 25.6 Å². The average Bonchev–Trinajstić information content (AvgIpc) is 2.46. The summed E-state index contributed by atoms with van der Waals surface area (Å²) in [6, 6.07) is 9.81. The molecule has 0 saturated heterocycles. The number of pyridine rings is 1. The van der Waals surface area contributed by atoms with E-state index < -0.39 is 0 Å². The molecule has 0 unspecified atom stereocenters. The second-order valence-corrected chi connectivity index (χ2v) is 4.26. The van der Waals surface area contributed by atoms with E-state index in [1.54, 1.807) is 19.4 Å². The van der Waals surface area contributed by atoms with Crippen molar-refractivity contribution in [1.29, 1.82) is 0 Å². The number of nitrogens with zero attached hydrogens (tertiary/aromatic N) is 1. The first-order chi connectivity index (χ1) is 9.22. The van der Waals surface area contributed by atoms with Gasteiger partial charge in [0, 0.05) is 6.07 Å². The van der Waals surface area contributed by atoms with Crippen molar-refractivity contribution >= 4 is 0 Å². The number of hydrogen-bond acceptors (Lipinski definition) is 4. The molecule has 0 aliphatic carbocycles. The van der Waals surface area contributed by atoms with Crippen molar-refractivity contribution in [3.63, 3.8) is 0 Å². The fourth-order valence-corrected chi connectivity index (χ4v) is 1.66. The Balaban J connectivity index is 2.08. The molecule has 1 N–H and O–H groups in total. The number of rotatable bonds is 5. The van der Waals surface area contributed by atoms with Gasteiger partial charge in [-0.3, -0.25) is 4.98 Å². The summed E-state index contributed by atoms with van der Waals surface area (Å²) in [5.41, 5.74) is 2.86. The molecule has 0 amide bonds. The first kappa shape index (κ1) is 13.4. The Labute approximate surface area is 112 Å². The maximum Gasteiger partial charge on any atom is 0.179 e. The SMILES string of the molecule is COc1cc(CO)ncc1OCc1ccc(C)cc1. The molecule has 1 heterocycles. The van der Waals surface area contributed by atoms with E-state index in [1.165, 1.54) is 5.56 Å². The minimum Gasteiger partial charge on any atom is -0.493 e. The van der Waals surface area contributed by atoms with Crippen LogP contribution in [0.15, 0.2) is 36.5 Å². The molecular weight excluding hydrogens is 242 g/mol. The van der Waals surface area contributed by atoms with Crippen LogP contribution in [0.3, 0.4) is 0 Å². The van der Waals surface area contributed by atoms with Gasteiger partial charge in [0.2, 0.25) is 0 Å². The Hall–Kier alpha value is -2.07. The lowest BCUT2D eigenvalue weighted by molar-refractivity contribution is 0.268. The molecule has 0 aliphatic heterocycles. The van der Waals surface area contributed by atoms with Crippen LogP contribution in [0, 0.1) is 6.92 Å². The zero-order chi connectivity index (χ0) is 13.7. The molecule has 0 atom stereocenters. The number of benzene rings is 1. The number of aryl methyl sites for hydroxylation is 1.